The van der Waals surface area contributed by atoms with Crippen LogP contribution in [0.25, 0.3) is 0 Å². The molecule has 1 aliphatic carbocycles. The summed E-state index contributed by atoms with van der Waals surface area (Å²) in [7, 11) is 0. The number of carbonyl (C=O) groups excluding carboxylic acids is 2. The van der Waals surface area contributed by atoms with Crippen molar-refractivity contribution in [1.29, 1.82) is 0 Å². The van der Waals surface area contributed by atoms with Crippen molar-refractivity contribution in [3.05, 3.63) is 0 Å². The van der Waals surface area contributed by atoms with E-state index in [1.165, 1.54) is 0 Å². The van der Waals surface area contributed by atoms with Gasteiger partial charge in [0, 0.05) is 6.04 Å². The van der Waals surface area contributed by atoms with E-state index in [0.29, 0.717) is 12.3 Å². The number of carbonyl (C=O) groups is 2. The van der Waals surface area contributed by atoms with Crippen LogP contribution in [-0.4, -0.2) is 48.1 Å². The SMILES string of the molecule is NC(=O)C1CC2CCCCC2N1CC(=O)NCC(F)(F)F. The molecular weight excluding hydrogens is 287 g/mol. The molecule has 3 atom stereocenters. The Morgan fingerprint density at radius 1 is 1.24 bits per heavy atom. The highest BCUT2D eigenvalue weighted by atomic mass is 19.4. The molecule has 2 rings (SSSR count). The Kier molecular flexibility index (Phi) is 4.75. The maximum atomic E-state index is 12.1. The van der Waals surface area contributed by atoms with Crippen LogP contribution in [0, 0.1) is 5.92 Å². The smallest absolute Gasteiger partial charge is 0.368 e. The highest BCUT2D eigenvalue weighted by Gasteiger charge is 2.45. The normalized spacial score (nSPS) is 30.0. The zero-order valence-electron chi connectivity index (χ0n) is 11.7. The molecule has 0 aromatic rings. The summed E-state index contributed by atoms with van der Waals surface area (Å²) < 4.78 is 36.3. The van der Waals surface area contributed by atoms with Crippen LogP contribution in [0.4, 0.5) is 13.2 Å². The van der Waals surface area contributed by atoms with Gasteiger partial charge in [-0.25, -0.2) is 0 Å². The zero-order chi connectivity index (χ0) is 15.6. The average Bonchev–Trinajstić information content (AvgIpc) is 2.75. The third-order valence-electron chi connectivity index (χ3n) is 4.36. The van der Waals surface area contributed by atoms with Gasteiger partial charge >= 0.3 is 6.18 Å². The van der Waals surface area contributed by atoms with Crippen molar-refractivity contribution in [3.8, 4) is 0 Å². The van der Waals surface area contributed by atoms with E-state index < -0.39 is 30.6 Å². The van der Waals surface area contributed by atoms with E-state index in [1.54, 1.807) is 4.90 Å². The summed E-state index contributed by atoms with van der Waals surface area (Å²) >= 11 is 0. The lowest BCUT2D eigenvalue weighted by Crippen LogP contribution is -2.50. The first-order valence-corrected chi connectivity index (χ1v) is 7.16. The van der Waals surface area contributed by atoms with Gasteiger partial charge in [-0.1, -0.05) is 12.8 Å². The number of nitrogens with zero attached hydrogens (tertiary/aromatic N) is 1. The second-order valence-corrected chi connectivity index (χ2v) is 5.83. The lowest BCUT2D eigenvalue weighted by Gasteiger charge is -2.32. The highest BCUT2D eigenvalue weighted by Crippen LogP contribution is 2.39. The van der Waals surface area contributed by atoms with Gasteiger partial charge in [-0.15, -0.1) is 0 Å². The van der Waals surface area contributed by atoms with Crippen LogP contribution in [0.2, 0.25) is 0 Å². The Bertz CT molecular complexity index is 414. The van der Waals surface area contributed by atoms with E-state index in [0.717, 1.165) is 25.7 Å². The molecule has 8 heteroatoms. The van der Waals surface area contributed by atoms with Crippen molar-refractivity contribution in [3.63, 3.8) is 0 Å². The molecule has 0 aromatic heterocycles. The van der Waals surface area contributed by atoms with Gasteiger partial charge in [0.1, 0.15) is 6.54 Å². The van der Waals surface area contributed by atoms with E-state index in [-0.39, 0.29) is 12.6 Å². The van der Waals surface area contributed by atoms with E-state index in [9.17, 15) is 22.8 Å². The minimum atomic E-state index is -4.43. The van der Waals surface area contributed by atoms with Crippen LogP contribution < -0.4 is 11.1 Å². The van der Waals surface area contributed by atoms with Crippen molar-refractivity contribution < 1.29 is 22.8 Å². The lowest BCUT2D eigenvalue weighted by atomic mass is 9.85. The van der Waals surface area contributed by atoms with E-state index in [1.807, 2.05) is 5.32 Å². The molecule has 2 fully saturated rings. The first kappa shape index (κ1) is 16.1. The Morgan fingerprint density at radius 2 is 1.90 bits per heavy atom. The summed E-state index contributed by atoms with van der Waals surface area (Å²) in [5.74, 6) is -0.913. The standard InChI is InChI=1S/C13H20F3N3O2/c14-13(15,16)7-18-11(20)6-19-9-4-2-1-3-8(9)5-10(19)12(17)21/h8-10H,1-7H2,(H2,17,21)(H,18,20). The molecule has 0 spiro atoms. The quantitative estimate of drug-likeness (QED) is 0.806. The molecule has 2 amide bonds. The number of hydrogen-bond acceptors (Lipinski definition) is 3. The second kappa shape index (κ2) is 6.21. The van der Waals surface area contributed by atoms with Gasteiger partial charge in [0.05, 0.1) is 12.6 Å². The van der Waals surface area contributed by atoms with Crippen LogP contribution in [0.15, 0.2) is 0 Å². The average molecular weight is 307 g/mol. The maximum absolute atomic E-state index is 12.1. The van der Waals surface area contributed by atoms with Gasteiger partial charge in [-0.3, -0.25) is 14.5 Å². The fourth-order valence-electron chi connectivity index (χ4n) is 3.48. The first-order valence-electron chi connectivity index (χ1n) is 7.16. The van der Waals surface area contributed by atoms with Crippen molar-refractivity contribution >= 4 is 11.8 Å². The molecule has 0 bridgehead atoms. The highest BCUT2D eigenvalue weighted by molar-refractivity contribution is 5.83. The van der Waals surface area contributed by atoms with Crippen molar-refractivity contribution in [2.24, 2.45) is 11.7 Å². The molecule has 21 heavy (non-hydrogen) atoms. The van der Waals surface area contributed by atoms with Crippen molar-refractivity contribution in [2.45, 2.75) is 50.4 Å². The predicted molar refractivity (Wildman–Crippen MR) is 69.1 cm³/mol. The summed E-state index contributed by atoms with van der Waals surface area (Å²) in [6.07, 6.45) is 0.105. The van der Waals surface area contributed by atoms with E-state index >= 15 is 0 Å². The molecule has 120 valence electrons. The molecular formula is C13H20F3N3O2. The number of fused-ring (bicyclic) bond motifs is 1. The molecule has 1 heterocycles. The van der Waals surface area contributed by atoms with Crippen molar-refractivity contribution in [1.82, 2.24) is 10.2 Å². The van der Waals surface area contributed by atoms with Crippen LogP contribution in [0.1, 0.15) is 32.1 Å². The third kappa shape index (κ3) is 4.09. The maximum Gasteiger partial charge on any atom is 0.405 e. The molecule has 0 aromatic carbocycles. The number of primary amides is 1. The molecule has 5 nitrogen and oxygen atoms in total. The Hall–Kier alpha value is -1.31. The van der Waals surface area contributed by atoms with Gasteiger partial charge in [0.25, 0.3) is 0 Å². The number of hydrogen-bond donors (Lipinski definition) is 2. The largest absolute Gasteiger partial charge is 0.405 e. The summed E-state index contributed by atoms with van der Waals surface area (Å²) in [4.78, 5) is 24.9. The molecule has 1 saturated heterocycles. The second-order valence-electron chi connectivity index (χ2n) is 5.83. The summed E-state index contributed by atoms with van der Waals surface area (Å²) in [5, 5.41) is 1.85. The zero-order valence-corrected chi connectivity index (χ0v) is 11.7. The topological polar surface area (TPSA) is 75.4 Å². The monoisotopic (exact) mass is 307 g/mol. The molecule has 3 unspecified atom stereocenters. The Balaban J connectivity index is 1.97. The number of rotatable bonds is 4. The minimum Gasteiger partial charge on any atom is -0.368 e. The molecule has 2 aliphatic rings. The minimum absolute atomic E-state index is 0.0767. The van der Waals surface area contributed by atoms with Crippen molar-refractivity contribution in [2.75, 3.05) is 13.1 Å². The predicted octanol–water partition coefficient (Wildman–Crippen LogP) is 0.783. The number of amides is 2. The fraction of sp³-hybridized carbons (Fsp3) is 0.846. The van der Waals surface area contributed by atoms with E-state index in [4.69, 9.17) is 5.73 Å². The first-order chi connectivity index (χ1) is 9.78. The molecule has 1 aliphatic heterocycles. The molecule has 1 saturated carbocycles. The van der Waals surface area contributed by atoms with Crippen LogP contribution >= 0.6 is 0 Å². The summed E-state index contributed by atoms with van der Waals surface area (Å²) in [6, 6.07) is -0.470. The Morgan fingerprint density at radius 3 is 2.52 bits per heavy atom. The summed E-state index contributed by atoms with van der Waals surface area (Å²) in [6.45, 7) is -1.56. The van der Waals surface area contributed by atoms with Gasteiger partial charge in [0.2, 0.25) is 11.8 Å². The number of alkyl halides is 3. The van der Waals surface area contributed by atoms with Crippen LogP contribution in [0.3, 0.4) is 0 Å². The Labute approximate surface area is 121 Å². The number of halogens is 3. The molecule has 3 N–H and O–H groups in total. The number of nitrogens with one attached hydrogen (secondary N) is 1. The number of likely N-dealkylation sites (tertiary alicyclic amines) is 1. The lowest BCUT2D eigenvalue weighted by molar-refractivity contribution is -0.140. The van der Waals surface area contributed by atoms with Gasteiger partial charge in [-0.05, 0) is 25.2 Å². The van der Waals surface area contributed by atoms with Gasteiger partial charge < -0.3 is 11.1 Å². The van der Waals surface area contributed by atoms with Crippen LogP contribution in [-0.2, 0) is 9.59 Å². The van der Waals surface area contributed by atoms with Crippen LogP contribution in [0.5, 0.6) is 0 Å². The molecule has 0 radical (unpaired) electrons. The van der Waals surface area contributed by atoms with Gasteiger partial charge in [-0.2, -0.15) is 13.2 Å². The van der Waals surface area contributed by atoms with Gasteiger partial charge in [0.15, 0.2) is 0 Å². The number of nitrogens with two attached hydrogens (primary N) is 1. The third-order valence-corrected chi connectivity index (χ3v) is 4.36. The summed E-state index contributed by atoms with van der Waals surface area (Å²) in [5.41, 5.74) is 5.37. The van der Waals surface area contributed by atoms with E-state index in [2.05, 4.69) is 0 Å². The fourth-order valence-corrected chi connectivity index (χ4v) is 3.48.